The molecule has 172 valence electrons. The Balaban J connectivity index is 3.01. The van der Waals surface area contributed by atoms with Crippen molar-refractivity contribution in [3.8, 4) is 0 Å². The molecule has 0 saturated carbocycles. The van der Waals surface area contributed by atoms with Gasteiger partial charge in [-0.15, -0.1) is 0 Å². The van der Waals surface area contributed by atoms with Crippen LogP contribution >= 0.6 is 22.6 Å². The Morgan fingerprint density at radius 3 is 1.10 bits per heavy atom. The summed E-state index contributed by atoms with van der Waals surface area (Å²) in [7, 11) is 0. The molecular formula is C19H35IO9. The van der Waals surface area contributed by atoms with Gasteiger partial charge in [-0.2, -0.15) is 0 Å². The average Bonchev–Trinajstić information content (AvgIpc) is 2.74. The fraction of sp³-hybridized carbons (Fsp3) is 0.842. The third-order valence-electron chi connectivity index (χ3n) is 3.09. The van der Waals surface area contributed by atoms with Gasteiger partial charge in [0, 0.05) is 10.5 Å². The minimum Gasteiger partial charge on any atom is -0.460 e. The highest BCUT2D eigenvalue weighted by Crippen LogP contribution is 1.86. The van der Waals surface area contributed by atoms with E-state index in [0.717, 1.165) is 17.1 Å². The molecule has 0 unspecified atom stereocenters. The molecule has 0 N–H and O–H groups in total. The second-order valence-corrected chi connectivity index (χ2v) is 6.43. The first kappa shape index (κ1) is 28.7. The fourth-order valence-electron chi connectivity index (χ4n) is 1.74. The number of hydrogen-bond donors (Lipinski definition) is 0. The summed E-state index contributed by atoms with van der Waals surface area (Å²) >= 11 is 2.27. The van der Waals surface area contributed by atoms with Crippen LogP contribution in [0.25, 0.3) is 0 Å². The lowest BCUT2D eigenvalue weighted by Crippen LogP contribution is -2.15. The molecule has 29 heavy (non-hydrogen) atoms. The van der Waals surface area contributed by atoms with E-state index in [0.29, 0.717) is 85.9 Å². The number of rotatable bonds is 24. The maximum Gasteiger partial charge on any atom is 0.330 e. The Labute approximate surface area is 187 Å². The molecule has 0 saturated heterocycles. The summed E-state index contributed by atoms with van der Waals surface area (Å²) in [4.78, 5) is 10.8. The zero-order valence-corrected chi connectivity index (χ0v) is 19.3. The molecule has 0 fully saturated rings. The number of alkyl halides is 1. The highest BCUT2D eigenvalue weighted by atomic mass is 127. The summed E-state index contributed by atoms with van der Waals surface area (Å²) in [5.41, 5.74) is 0. The van der Waals surface area contributed by atoms with Crippen molar-refractivity contribution in [2.75, 3.05) is 104 Å². The van der Waals surface area contributed by atoms with Crippen LogP contribution in [0.1, 0.15) is 0 Å². The van der Waals surface area contributed by atoms with Gasteiger partial charge in [-0.1, -0.05) is 29.2 Å². The molecule has 10 heteroatoms. The lowest BCUT2D eigenvalue weighted by molar-refractivity contribution is -0.139. The molecule has 0 aromatic rings. The molecular weight excluding hydrogens is 499 g/mol. The molecule has 0 aromatic heterocycles. The van der Waals surface area contributed by atoms with E-state index >= 15 is 0 Å². The predicted octanol–water partition coefficient (Wildman–Crippen LogP) is 1.27. The van der Waals surface area contributed by atoms with Gasteiger partial charge in [0.1, 0.15) is 6.61 Å². The third kappa shape index (κ3) is 25.6. The number of carbonyl (C=O) groups excluding carboxylic acids is 1. The number of carbonyl (C=O) groups is 1. The van der Waals surface area contributed by atoms with Crippen LogP contribution in [-0.4, -0.2) is 110 Å². The topological polar surface area (TPSA) is 90.9 Å². The van der Waals surface area contributed by atoms with Crippen molar-refractivity contribution in [3.05, 3.63) is 12.7 Å². The number of hydrogen-bond acceptors (Lipinski definition) is 9. The molecule has 0 spiro atoms. The van der Waals surface area contributed by atoms with E-state index < -0.39 is 5.97 Å². The molecule has 0 rings (SSSR count). The second kappa shape index (κ2) is 25.7. The van der Waals surface area contributed by atoms with Crippen LogP contribution in [0.4, 0.5) is 0 Å². The Hall–Kier alpha value is -0.340. The van der Waals surface area contributed by atoms with Gasteiger partial charge in [-0.25, -0.2) is 4.79 Å². The first-order valence-corrected chi connectivity index (χ1v) is 11.2. The van der Waals surface area contributed by atoms with E-state index in [9.17, 15) is 4.79 Å². The Bertz CT molecular complexity index is 359. The van der Waals surface area contributed by atoms with Gasteiger partial charge in [-0.3, -0.25) is 0 Å². The van der Waals surface area contributed by atoms with Crippen molar-refractivity contribution in [3.63, 3.8) is 0 Å². The van der Waals surface area contributed by atoms with E-state index in [1.807, 2.05) is 0 Å². The predicted molar refractivity (Wildman–Crippen MR) is 116 cm³/mol. The normalized spacial score (nSPS) is 10.9. The van der Waals surface area contributed by atoms with Crippen molar-refractivity contribution in [2.45, 2.75) is 0 Å². The molecule has 0 atom stereocenters. The van der Waals surface area contributed by atoms with E-state index in [4.69, 9.17) is 37.9 Å². The van der Waals surface area contributed by atoms with Crippen LogP contribution in [0.3, 0.4) is 0 Å². The van der Waals surface area contributed by atoms with E-state index in [1.165, 1.54) is 0 Å². The number of esters is 1. The van der Waals surface area contributed by atoms with Crippen LogP contribution in [0.2, 0.25) is 0 Å². The van der Waals surface area contributed by atoms with Crippen LogP contribution in [-0.2, 0) is 42.7 Å². The van der Waals surface area contributed by atoms with Crippen LogP contribution in [0.15, 0.2) is 12.7 Å². The maximum absolute atomic E-state index is 10.8. The van der Waals surface area contributed by atoms with Crippen LogP contribution in [0.5, 0.6) is 0 Å². The van der Waals surface area contributed by atoms with E-state index in [2.05, 4.69) is 29.2 Å². The molecule has 0 heterocycles. The zero-order valence-electron chi connectivity index (χ0n) is 17.2. The molecule has 0 bridgehead atoms. The lowest BCUT2D eigenvalue weighted by atomic mass is 10.6. The summed E-state index contributed by atoms with van der Waals surface area (Å²) < 4.78 is 43.2. The minimum atomic E-state index is -0.452. The second-order valence-electron chi connectivity index (χ2n) is 5.35. The smallest absolute Gasteiger partial charge is 0.330 e. The van der Waals surface area contributed by atoms with Gasteiger partial charge in [0.15, 0.2) is 0 Å². The van der Waals surface area contributed by atoms with Gasteiger partial charge < -0.3 is 37.9 Å². The number of halogens is 1. The van der Waals surface area contributed by atoms with E-state index in [1.54, 1.807) is 0 Å². The molecule has 9 nitrogen and oxygen atoms in total. The van der Waals surface area contributed by atoms with Gasteiger partial charge in [0.05, 0.1) is 92.5 Å². The summed E-state index contributed by atoms with van der Waals surface area (Å²) in [6.07, 6.45) is 1.12. The van der Waals surface area contributed by atoms with Gasteiger partial charge >= 0.3 is 5.97 Å². The monoisotopic (exact) mass is 534 g/mol. The molecule has 0 aliphatic heterocycles. The Morgan fingerprint density at radius 2 is 0.828 bits per heavy atom. The van der Waals surface area contributed by atoms with Gasteiger partial charge in [-0.05, 0) is 0 Å². The highest BCUT2D eigenvalue weighted by Gasteiger charge is 1.96. The fourth-order valence-corrected chi connectivity index (χ4v) is 2.05. The SMILES string of the molecule is C=CC(=O)OCCOCCOCCOCCOCCOCCOCCOCCI. The van der Waals surface area contributed by atoms with Gasteiger partial charge in [0.25, 0.3) is 0 Å². The minimum absolute atomic E-state index is 0.209. The van der Waals surface area contributed by atoms with Crippen molar-refractivity contribution >= 4 is 28.6 Å². The summed E-state index contributed by atoms with van der Waals surface area (Å²) in [5, 5.41) is 0. The van der Waals surface area contributed by atoms with Crippen molar-refractivity contribution in [2.24, 2.45) is 0 Å². The Kier molecular flexibility index (Phi) is 25.4. The first-order valence-electron chi connectivity index (χ1n) is 9.70. The molecule has 0 amide bonds. The molecule has 0 radical (unpaired) electrons. The number of ether oxygens (including phenoxy) is 8. The highest BCUT2D eigenvalue weighted by molar-refractivity contribution is 14.1. The van der Waals surface area contributed by atoms with Gasteiger partial charge in [0.2, 0.25) is 0 Å². The largest absolute Gasteiger partial charge is 0.460 e. The molecule has 0 aliphatic rings. The Morgan fingerprint density at radius 1 is 0.552 bits per heavy atom. The van der Waals surface area contributed by atoms with E-state index in [-0.39, 0.29) is 6.61 Å². The third-order valence-corrected chi connectivity index (χ3v) is 3.53. The summed E-state index contributed by atoms with van der Waals surface area (Å²) in [6.45, 7) is 10.9. The first-order chi connectivity index (χ1) is 14.3. The van der Waals surface area contributed by atoms with Crippen molar-refractivity contribution in [1.82, 2.24) is 0 Å². The maximum atomic E-state index is 10.8. The lowest BCUT2D eigenvalue weighted by Gasteiger charge is -2.08. The van der Waals surface area contributed by atoms with Crippen molar-refractivity contribution < 1.29 is 42.7 Å². The summed E-state index contributed by atoms with van der Waals surface area (Å²) in [6, 6.07) is 0. The van der Waals surface area contributed by atoms with Crippen LogP contribution < -0.4 is 0 Å². The molecule has 0 aromatic carbocycles. The quantitative estimate of drug-likeness (QED) is 0.0597. The van der Waals surface area contributed by atoms with Crippen molar-refractivity contribution in [1.29, 1.82) is 0 Å². The summed E-state index contributed by atoms with van der Waals surface area (Å²) in [5.74, 6) is -0.452. The van der Waals surface area contributed by atoms with Crippen LogP contribution in [0, 0.1) is 0 Å². The average molecular weight is 534 g/mol. The standard InChI is InChI=1S/C19H35IO9/c1-2-19(21)29-18-17-28-16-15-27-14-13-26-12-11-25-10-9-24-8-7-23-6-5-22-4-3-20/h2H,1,3-18H2. The zero-order chi connectivity index (χ0) is 21.3. The molecule has 0 aliphatic carbocycles.